The average Bonchev–Trinajstić information content (AvgIpc) is 2.79. The van der Waals surface area contributed by atoms with E-state index < -0.39 is 0 Å². The Kier molecular flexibility index (Phi) is 8.04. The van der Waals surface area contributed by atoms with Gasteiger partial charge in [0.05, 0.1) is 0 Å². The van der Waals surface area contributed by atoms with Crippen molar-refractivity contribution in [3.8, 4) is 5.75 Å². The molecule has 1 atom stereocenters. The van der Waals surface area contributed by atoms with Crippen LogP contribution in [0.3, 0.4) is 0 Å². The van der Waals surface area contributed by atoms with Gasteiger partial charge in [-0.25, -0.2) is 0 Å². The molecule has 0 radical (unpaired) electrons. The maximum absolute atomic E-state index is 6.40. The maximum atomic E-state index is 6.40. The summed E-state index contributed by atoms with van der Waals surface area (Å²) in [6, 6.07) is 23.8. The van der Waals surface area contributed by atoms with Crippen molar-refractivity contribution < 1.29 is 4.74 Å². The number of rotatable bonds is 9. The average molecular weight is 432 g/mol. The summed E-state index contributed by atoms with van der Waals surface area (Å²) in [5.74, 6) is 1.00. The lowest BCUT2D eigenvalue weighted by molar-refractivity contribution is 0.298. The van der Waals surface area contributed by atoms with Gasteiger partial charge in [0.2, 0.25) is 0 Å². The van der Waals surface area contributed by atoms with Crippen molar-refractivity contribution in [2.24, 2.45) is 4.99 Å². The van der Waals surface area contributed by atoms with Gasteiger partial charge in [0.25, 0.3) is 0 Å². The summed E-state index contributed by atoms with van der Waals surface area (Å²) < 4.78 is 6.40. The van der Waals surface area contributed by atoms with Gasteiger partial charge in [0.1, 0.15) is 12.4 Å². The molecule has 0 aromatic heterocycles. The summed E-state index contributed by atoms with van der Waals surface area (Å²) in [5.41, 5.74) is 6.29. The molecule has 2 nitrogen and oxygen atoms in total. The molecule has 0 amide bonds. The minimum absolute atomic E-state index is 0.0314. The van der Waals surface area contributed by atoms with E-state index in [9.17, 15) is 0 Å². The number of aliphatic imine (C=N–C) groups is 1. The maximum Gasteiger partial charge on any atom is 0.123 e. The molecular formula is C28H34NOP. The van der Waals surface area contributed by atoms with Crippen LogP contribution in [-0.2, 0) is 11.8 Å². The largest absolute Gasteiger partial charge is 0.489 e. The number of hydrogen-bond donors (Lipinski definition) is 0. The van der Waals surface area contributed by atoms with Crippen LogP contribution >= 0.6 is 8.58 Å². The molecular weight excluding hydrogens is 397 g/mol. The van der Waals surface area contributed by atoms with Gasteiger partial charge in [-0.15, -0.1) is 0 Å². The molecule has 0 spiro atoms. The molecule has 0 aliphatic rings. The lowest BCUT2D eigenvalue weighted by atomic mass is 9.90. The van der Waals surface area contributed by atoms with Crippen LogP contribution in [-0.4, -0.2) is 13.3 Å². The zero-order valence-corrected chi connectivity index (χ0v) is 20.4. The Balaban J connectivity index is 2.01. The van der Waals surface area contributed by atoms with Crippen molar-refractivity contribution >= 4 is 20.1 Å². The zero-order valence-electron chi connectivity index (χ0n) is 19.4. The van der Waals surface area contributed by atoms with Crippen LogP contribution < -0.4 is 10.0 Å². The second kappa shape index (κ2) is 10.7. The minimum Gasteiger partial charge on any atom is -0.489 e. The molecule has 0 saturated carbocycles. The molecule has 0 saturated heterocycles. The Hall–Kier alpha value is -2.44. The Morgan fingerprint density at radius 3 is 2.26 bits per heavy atom. The number of nitrogens with zero attached hydrogens (tertiary/aromatic N) is 1. The summed E-state index contributed by atoms with van der Waals surface area (Å²) in [7, 11) is 2.49. The van der Waals surface area contributed by atoms with Gasteiger partial charge in [-0.05, 0) is 55.3 Å². The monoisotopic (exact) mass is 431 g/mol. The molecule has 3 aromatic rings. The van der Waals surface area contributed by atoms with Crippen molar-refractivity contribution in [2.45, 2.75) is 52.3 Å². The van der Waals surface area contributed by atoms with Crippen LogP contribution in [0.1, 0.15) is 54.5 Å². The van der Waals surface area contributed by atoms with E-state index in [0.29, 0.717) is 15.2 Å². The SMILES string of the molecule is CCC(CC)(Pc1ccc(C)cc1C=NC)c1cc(C)ccc1OCc1ccccc1. The highest BCUT2D eigenvalue weighted by molar-refractivity contribution is 7.48. The first-order valence-electron chi connectivity index (χ1n) is 11.1. The minimum atomic E-state index is 0.0314. The Morgan fingerprint density at radius 1 is 0.903 bits per heavy atom. The molecule has 162 valence electrons. The molecule has 3 aromatic carbocycles. The van der Waals surface area contributed by atoms with Crippen LogP contribution in [0.25, 0.3) is 0 Å². The molecule has 1 unspecified atom stereocenters. The highest BCUT2D eigenvalue weighted by atomic mass is 31.1. The standard InChI is InChI=1S/C28H34NOP/c1-6-28(7-2,31-27-16-14-21(3)17-24(27)19-29-5)25-18-22(4)13-15-26(25)30-20-23-11-9-8-10-12-23/h8-19,31H,6-7,20H2,1-5H3. The van der Waals surface area contributed by atoms with Gasteiger partial charge in [0.15, 0.2) is 0 Å². The number of aryl methyl sites for hydroxylation is 2. The van der Waals surface area contributed by atoms with Crippen molar-refractivity contribution in [3.63, 3.8) is 0 Å². The third kappa shape index (κ3) is 5.63. The third-order valence-electron chi connectivity index (χ3n) is 5.94. The number of ether oxygens (including phenoxy) is 1. The normalized spacial score (nSPS) is 12.2. The van der Waals surface area contributed by atoms with Crippen LogP contribution in [0.4, 0.5) is 0 Å². The fourth-order valence-electron chi connectivity index (χ4n) is 4.05. The van der Waals surface area contributed by atoms with E-state index in [4.69, 9.17) is 4.74 Å². The van der Waals surface area contributed by atoms with Gasteiger partial charge in [-0.2, -0.15) is 0 Å². The zero-order chi connectivity index (χ0) is 22.3. The number of benzene rings is 3. The lowest BCUT2D eigenvalue weighted by Gasteiger charge is -2.35. The highest BCUT2D eigenvalue weighted by Crippen LogP contribution is 2.50. The predicted molar refractivity (Wildman–Crippen MR) is 137 cm³/mol. The van der Waals surface area contributed by atoms with Gasteiger partial charge < -0.3 is 4.74 Å². The van der Waals surface area contributed by atoms with E-state index in [-0.39, 0.29) is 5.16 Å². The summed E-state index contributed by atoms with van der Waals surface area (Å²) in [4.78, 5) is 4.31. The Morgan fingerprint density at radius 2 is 1.58 bits per heavy atom. The van der Waals surface area contributed by atoms with Crippen molar-refractivity contribution in [1.82, 2.24) is 0 Å². The second-order valence-electron chi connectivity index (χ2n) is 8.17. The Bertz CT molecular complexity index is 1020. The van der Waals surface area contributed by atoms with Crippen LogP contribution in [0.2, 0.25) is 0 Å². The predicted octanol–water partition coefficient (Wildman–Crippen LogP) is 6.95. The quantitative estimate of drug-likeness (QED) is 0.265. The summed E-state index contributed by atoms with van der Waals surface area (Å²) in [6.07, 6.45) is 4.11. The lowest BCUT2D eigenvalue weighted by Crippen LogP contribution is -2.24. The first-order valence-corrected chi connectivity index (χ1v) is 12.1. The van der Waals surface area contributed by atoms with Crippen LogP contribution in [0, 0.1) is 13.8 Å². The summed E-state index contributed by atoms with van der Waals surface area (Å²) in [6.45, 7) is 9.51. The fourth-order valence-corrected chi connectivity index (χ4v) is 5.70. The summed E-state index contributed by atoms with van der Waals surface area (Å²) >= 11 is 0. The van der Waals surface area contributed by atoms with E-state index >= 15 is 0 Å². The molecule has 0 heterocycles. The van der Waals surface area contributed by atoms with Gasteiger partial charge in [0, 0.05) is 24.0 Å². The topological polar surface area (TPSA) is 21.6 Å². The summed E-state index contributed by atoms with van der Waals surface area (Å²) in [5, 5.41) is 1.40. The van der Waals surface area contributed by atoms with Gasteiger partial charge in [-0.3, -0.25) is 4.99 Å². The van der Waals surface area contributed by atoms with E-state index in [2.05, 4.69) is 93.4 Å². The van der Waals surface area contributed by atoms with Gasteiger partial charge in [-0.1, -0.05) is 88.2 Å². The third-order valence-corrected chi connectivity index (χ3v) is 8.12. The highest BCUT2D eigenvalue weighted by Gasteiger charge is 2.32. The van der Waals surface area contributed by atoms with E-state index in [0.717, 1.165) is 18.6 Å². The smallest absolute Gasteiger partial charge is 0.123 e. The first kappa shape index (κ1) is 23.2. The van der Waals surface area contributed by atoms with Crippen molar-refractivity contribution in [1.29, 1.82) is 0 Å². The molecule has 31 heavy (non-hydrogen) atoms. The molecule has 0 aliphatic heterocycles. The Labute approximate surface area is 189 Å². The molecule has 0 N–H and O–H groups in total. The van der Waals surface area contributed by atoms with E-state index in [1.54, 1.807) is 0 Å². The van der Waals surface area contributed by atoms with E-state index in [1.807, 2.05) is 19.3 Å². The molecule has 0 fully saturated rings. The fraction of sp³-hybridized carbons (Fsp3) is 0.321. The molecule has 3 rings (SSSR count). The van der Waals surface area contributed by atoms with E-state index in [1.165, 1.54) is 33.1 Å². The second-order valence-corrected chi connectivity index (χ2v) is 9.91. The van der Waals surface area contributed by atoms with Crippen molar-refractivity contribution in [3.05, 3.63) is 94.5 Å². The molecule has 0 bridgehead atoms. The van der Waals surface area contributed by atoms with Crippen LogP contribution in [0.15, 0.2) is 71.7 Å². The number of hydrogen-bond acceptors (Lipinski definition) is 2. The molecule has 0 aliphatic carbocycles. The molecule has 3 heteroatoms. The van der Waals surface area contributed by atoms with Crippen molar-refractivity contribution in [2.75, 3.05) is 7.05 Å². The van der Waals surface area contributed by atoms with Gasteiger partial charge >= 0.3 is 0 Å². The first-order chi connectivity index (χ1) is 15.0. The van der Waals surface area contributed by atoms with Crippen LogP contribution in [0.5, 0.6) is 5.75 Å².